The van der Waals surface area contributed by atoms with Crippen LogP contribution in [-0.2, 0) is 13.0 Å². The van der Waals surface area contributed by atoms with Gasteiger partial charge in [0.25, 0.3) is 0 Å². The minimum absolute atomic E-state index is 0.0146. The Balaban J connectivity index is 2.30. The third kappa shape index (κ3) is 2.50. The molecule has 0 saturated carbocycles. The molecule has 18 heavy (non-hydrogen) atoms. The van der Waals surface area contributed by atoms with E-state index in [4.69, 9.17) is 5.11 Å². The van der Waals surface area contributed by atoms with Crippen LogP contribution in [0.25, 0.3) is 0 Å². The molecule has 2 rings (SSSR count). The Hall–Kier alpha value is -2.31. The molecule has 94 valence electrons. The lowest BCUT2D eigenvalue weighted by Crippen LogP contribution is -2.10. The number of rotatable bonds is 5. The summed E-state index contributed by atoms with van der Waals surface area (Å²) in [5.74, 6) is -1.05. The number of hydrogen-bond acceptors (Lipinski definition) is 5. The Morgan fingerprint density at radius 2 is 2.28 bits per heavy atom. The van der Waals surface area contributed by atoms with E-state index >= 15 is 0 Å². The van der Waals surface area contributed by atoms with E-state index in [0.717, 1.165) is 12.1 Å². The lowest BCUT2D eigenvalue weighted by Gasteiger charge is -2.05. The first-order valence-electron chi connectivity index (χ1n) is 5.63. The molecule has 0 aliphatic rings. The van der Waals surface area contributed by atoms with E-state index in [1.165, 1.54) is 0 Å². The quantitative estimate of drug-likeness (QED) is 0.838. The zero-order valence-electron chi connectivity index (χ0n) is 9.94. The van der Waals surface area contributed by atoms with Gasteiger partial charge in [0, 0.05) is 12.4 Å². The summed E-state index contributed by atoms with van der Waals surface area (Å²) in [5, 5.41) is 16.6. The van der Waals surface area contributed by atoms with Crippen molar-refractivity contribution in [2.75, 3.05) is 0 Å². The number of carboxylic acids is 1. The molecule has 7 heteroatoms. The second-order valence-electron chi connectivity index (χ2n) is 3.79. The lowest BCUT2D eigenvalue weighted by molar-refractivity contribution is 0.0689. The molecule has 0 radical (unpaired) electrons. The van der Waals surface area contributed by atoms with Crippen molar-refractivity contribution in [3.63, 3.8) is 0 Å². The van der Waals surface area contributed by atoms with Crippen molar-refractivity contribution in [1.82, 2.24) is 25.0 Å². The highest BCUT2D eigenvalue weighted by Crippen LogP contribution is 2.10. The van der Waals surface area contributed by atoms with E-state index in [2.05, 4.69) is 20.3 Å². The zero-order chi connectivity index (χ0) is 13.0. The Bertz CT molecular complexity index is 538. The van der Waals surface area contributed by atoms with E-state index in [0.29, 0.717) is 18.7 Å². The van der Waals surface area contributed by atoms with Crippen LogP contribution < -0.4 is 0 Å². The van der Waals surface area contributed by atoms with Gasteiger partial charge in [-0.05, 0) is 6.42 Å². The van der Waals surface area contributed by atoms with E-state index < -0.39 is 5.97 Å². The monoisotopic (exact) mass is 247 g/mol. The maximum absolute atomic E-state index is 11.0. The van der Waals surface area contributed by atoms with Gasteiger partial charge >= 0.3 is 5.97 Å². The van der Waals surface area contributed by atoms with Gasteiger partial charge in [-0.25, -0.2) is 9.48 Å². The van der Waals surface area contributed by atoms with Crippen molar-refractivity contribution in [1.29, 1.82) is 0 Å². The van der Waals surface area contributed by atoms with Crippen LogP contribution >= 0.6 is 0 Å². The van der Waals surface area contributed by atoms with Gasteiger partial charge in [-0.3, -0.25) is 9.97 Å². The van der Waals surface area contributed by atoms with Gasteiger partial charge in [0.15, 0.2) is 5.69 Å². The van der Waals surface area contributed by atoms with Crippen molar-refractivity contribution in [2.24, 2.45) is 0 Å². The number of aromatic carboxylic acids is 1. The highest BCUT2D eigenvalue weighted by atomic mass is 16.4. The Labute approximate surface area is 104 Å². The van der Waals surface area contributed by atoms with Crippen molar-refractivity contribution in [2.45, 2.75) is 26.3 Å². The van der Waals surface area contributed by atoms with Crippen LogP contribution in [0, 0.1) is 0 Å². The molecule has 0 aromatic carbocycles. The van der Waals surface area contributed by atoms with Gasteiger partial charge in [0.05, 0.1) is 24.1 Å². The summed E-state index contributed by atoms with van der Waals surface area (Å²) in [6.07, 6.45) is 6.24. The number of nitrogens with zero attached hydrogens (tertiary/aromatic N) is 5. The summed E-state index contributed by atoms with van der Waals surface area (Å²) in [4.78, 5) is 19.1. The molecule has 2 heterocycles. The highest BCUT2D eigenvalue weighted by molar-refractivity contribution is 5.86. The Morgan fingerprint density at radius 3 is 2.89 bits per heavy atom. The fraction of sp³-hybridized carbons (Fsp3) is 0.364. The maximum Gasteiger partial charge on any atom is 0.358 e. The van der Waals surface area contributed by atoms with Crippen LogP contribution in [0.3, 0.4) is 0 Å². The van der Waals surface area contributed by atoms with Crippen molar-refractivity contribution in [3.05, 3.63) is 35.7 Å². The Kier molecular flexibility index (Phi) is 3.61. The average Bonchev–Trinajstić information content (AvgIpc) is 2.74. The van der Waals surface area contributed by atoms with Crippen LogP contribution in [0.2, 0.25) is 0 Å². The van der Waals surface area contributed by atoms with Crippen molar-refractivity contribution < 1.29 is 9.90 Å². The van der Waals surface area contributed by atoms with Crippen LogP contribution in [0.1, 0.15) is 35.2 Å². The van der Waals surface area contributed by atoms with Gasteiger partial charge in [-0.2, -0.15) is 0 Å². The van der Waals surface area contributed by atoms with Gasteiger partial charge in [0.1, 0.15) is 0 Å². The molecule has 0 bridgehead atoms. The summed E-state index contributed by atoms with van der Waals surface area (Å²) in [7, 11) is 0. The SMILES string of the molecule is CCCc1c(C(=O)O)nnn1Cc1cnccn1. The average molecular weight is 247 g/mol. The van der Waals surface area contributed by atoms with E-state index in [1.807, 2.05) is 6.92 Å². The largest absolute Gasteiger partial charge is 0.476 e. The van der Waals surface area contributed by atoms with Gasteiger partial charge in [0.2, 0.25) is 0 Å². The fourth-order valence-corrected chi connectivity index (χ4v) is 1.68. The molecule has 0 atom stereocenters. The predicted molar refractivity (Wildman–Crippen MR) is 62.1 cm³/mol. The summed E-state index contributed by atoms with van der Waals surface area (Å²) in [5.41, 5.74) is 1.35. The number of carboxylic acid groups (broad SMARTS) is 1. The second kappa shape index (κ2) is 5.35. The smallest absolute Gasteiger partial charge is 0.358 e. The van der Waals surface area contributed by atoms with Crippen LogP contribution in [-0.4, -0.2) is 36.0 Å². The summed E-state index contributed by atoms with van der Waals surface area (Å²) in [6.45, 7) is 2.36. The molecular weight excluding hydrogens is 234 g/mol. The molecule has 2 aromatic rings. The van der Waals surface area contributed by atoms with Crippen molar-refractivity contribution >= 4 is 5.97 Å². The molecular formula is C11H13N5O2. The van der Waals surface area contributed by atoms with Crippen molar-refractivity contribution in [3.8, 4) is 0 Å². The first kappa shape index (κ1) is 12.2. The molecule has 7 nitrogen and oxygen atoms in total. The third-order valence-corrected chi connectivity index (χ3v) is 2.46. The van der Waals surface area contributed by atoms with Crippen LogP contribution in [0.15, 0.2) is 18.6 Å². The molecule has 1 N–H and O–H groups in total. The molecule has 0 spiro atoms. The molecule has 2 aromatic heterocycles. The molecule has 0 saturated heterocycles. The molecule has 0 amide bonds. The number of carbonyl (C=O) groups is 1. The van der Waals surface area contributed by atoms with Crippen LogP contribution in [0.4, 0.5) is 0 Å². The lowest BCUT2D eigenvalue weighted by atomic mass is 10.2. The normalized spacial score (nSPS) is 10.5. The first-order chi connectivity index (χ1) is 8.72. The second-order valence-corrected chi connectivity index (χ2v) is 3.79. The minimum atomic E-state index is -1.05. The van der Waals surface area contributed by atoms with E-state index in [-0.39, 0.29) is 5.69 Å². The Morgan fingerprint density at radius 1 is 1.44 bits per heavy atom. The van der Waals surface area contributed by atoms with Gasteiger partial charge in [-0.15, -0.1) is 5.10 Å². The number of aromatic nitrogens is 5. The topological polar surface area (TPSA) is 93.8 Å². The zero-order valence-corrected chi connectivity index (χ0v) is 9.94. The fourth-order valence-electron chi connectivity index (χ4n) is 1.68. The highest BCUT2D eigenvalue weighted by Gasteiger charge is 2.18. The van der Waals surface area contributed by atoms with Crippen LogP contribution in [0.5, 0.6) is 0 Å². The maximum atomic E-state index is 11.0. The standard InChI is InChI=1S/C11H13N5O2/c1-2-3-9-10(11(17)18)14-15-16(9)7-8-6-12-4-5-13-8/h4-6H,2-3,7H2,1H3,(H,17,18). The van der Waals surface area contributed by atoms with Gasteiger partial charge < -0.3 is 5.11 Å². The summed E-state index contributed by atoms with van der Waals surface area (Å²) >= 11 is 0. The molecule has 0 aliphatic carbocycles. The summed E-state index contributed by atoms with van der Waals surface area (Å²) in [6, 6.07) is 0. The minimum Gasteiger partial charge on any atom is -0.476 e. The summed E-state index contributed by atoms with van der Waals surface area (Å²) < 4.78 is 1.57. The van der Waals surface area contributed by atoms with Gasteiger partial charge in [-0.1, -0.05) is 18.6 Å². The number of hydrogen-bond donors (Lipinski definition) is 1. The molecule has 0 unspecified atom stereocenters. The third-order valence-electron chi connectivity index (χ3n) is 2.46. The molecule has 0 aliphatic heterocycles. The van der Waals surface area contributed by atoms with E-state index in [9.17, 15) is 4.79 Å². The predicted octanol–water partition coefficient (Wildman–Crippen LogP) is 0.767. The van der Waals surface area contributed by atoms with E-state index in [1.54, 1.807) is 23.3 Å². The molecule has 0 fully saturated rings. The first-order valence-corrected chi connectivity index (χ1v) is 5.63.